The Morgan fingerprint density at radius 3 is 2.71 bits per heavy atom. The number of benzene rings is 1. The van der Waals surface area contributed by atoms with Gasteiger partial charge >= 0.3 is 5.97 Å². The Kier molecular flexibility index (Phi) is 7.14. The van der Waals surface area contributed by atoms with E-state index in [4.69, 9.17) is 9.47 Å². The summed E-state index contributed by atoms with van der Waals surface area (Å²) in [7, 11) is 1.60. The van der Waals surface area contributed by atoms with Gasteiger partial charge in [-0.25, -0.2) is 4.79 Å². The van der Waals surface area contributed by atoms with E-state index in [0.717, 1.165) is 41.1 Å². The zero-order chi connectivity index (χ0) is 22.4. The molecule has 1 aliphatic rings. The van der Waals surface area contributed by atoms with Crippen molar-refractivity contribution in [2.75, 3.05) is 20.3 Å². The van der Waals surface area contributed by atoms with E-state index >= 15 is 0 Å². The molecule has 7 heteroatoms. The highest BCUT2D eigenvalue weighted by molar-refractivity contribution is 5.99. The lowest BCUT2D eigenvalue weighted by molar-refractivity contribution is -0.144. The molecule has 0 unspecified atom stereocenters. The maximum Gasteiger partial charge on any atom is 0.349 e. The molecular weight excluding hydrogens is 394 g/mol. The highest BCUT2D eigenvalue weighted by atomic mass is 16.5. The maximum absolute atomic E-state index is 12.3. The van der Waals surface area contributed by atoms with E-state index in [2.05, 4.69) is 9.88 Å². The zero-order valence-electron chi connectivity index (χ0n) is 18.1. The molecule has 0 aliphatic heterocycles. The van der Waals surface area contributed by atoms with Gasteiger partial charge in [0.15, 0.2) is 6.61 Å². The van der Waals surface area contributed by atoms with Gasteiger partial charge < -0.3 is 19.4 Å². The van der Waals surface area contributed by atoms with Gasteiger partial charge in [0, 0.05) is 24.0 Å². The Labute approximate surface area is 182 Å². The smallest absolute Gasteiger partial charge is 0.349 e. The fourth-order valence-corrected chi connectivity index (χ4v) is 3.64. The molecule has 1 N–H and O–H groups in total. The quantitative estimate of drug-likeness (QED) is 0.381. The summed E-state index contributed by atoms with van der Waals surface area (Å²) in [6, 6.07) is 11.9. The lowest BCUT2D eigenvalue weighted by atomic mass is 10.1. The molecular formula is C24H27N3O4. The number of rotatable bonds is 9. The molecule has 3 rings (SSSR count). The number of esters is 1. The molecule has 1 fully saturated rings. The standard InChI is InChI=1S/C24H27N3O4/c1-16-12-19(17(2)27(16)21-8-9-21)13-20(14-25)24(29)31-15-23(28)26-11-10-18-6-4-5-7-22(18)30-3/h4-7,12-13,21H,8-11,15H2,1-3H3,(H,26,28)/b20-13+. The zero-order valence-corrected chi connectivity index (χ0v) is 18.1. The van der Waals surface area contributed by atoms with Gasteiger partial charge in [0.2, 0.25) is 0 Å². The molecule has 7 nitrogen and oxygen atoms in total. The fraction of sp³-hybridized carbons (Fsp3) is 0.375. The number of methoxy groups -OCH3 is 1. The molecule has 1 amide bonds. The number of amides is 1. The first kappa shape index (κ1) is 22.2. The Hall–Kier alpha value is -3.53. The van der Waals surface area contributed by atoms with Crippen LogP contribution < -0.4 is 10.1 Å². The van der Waals surface area contributed by atoms with Crippen molar-refractivity contribution in [1.29, 1.82) is 5.26 Å². The Balaban J connectivity index is 1.52. The molecule has 1 aliphatic carbocycles. The van der Waals surface area contributed by atoms with Crippen LogP contribution in [0.25, 0.3) is 6.08 Å². The molecule has 0 bridgehead atoms. The summed E-state index contributed by atoms with van der Waals surface area (Å²) in [5, 5.41) is 12.1. The van der Waals surface area contributed by atoms with E-state index in [1.54, 1.807) is 7.11 Å². The molecule has 1 aromatic heterocycles. The minimum Gasteiger partial charge on any atom is -0.496 e. The first-order valence-corrected chi connectivity index (χ1v) is 10.3. The van der Waals surface area contributed by atoms with Gasteiger partial charge in [-0.05, 0) is 62.4 Å². The predicted molar refractivity (Wildman–Crippen MR) is 116 cm³/mol. The van der Waals surface area contributed by atoms with Gasteiger partial charge in [-0.1, -0.05) is 18.2 Å². The van der Waals surface area contributed by atoms with E-state index in [1.807, 2.05) is 50.2 Å². The van der Waals surface area contributed by atoms with Crippen molar-refractivity contribution in [3.8, 4) is 11.8 Å². The third-order valence-corrected chi connectivity index (χ3v) is 5.32. The topological polar surface area (TPSA) is 93.3 Å². The minimum atomic E-state index is -0.807. The number of ether oxygens (including phenoxy) is 2. The largest absolute Gasteiger partial charge is 0.496 e. The normalized spacial score (nSPS) is 13.4. The van der Waals surface area contributed by atoms with Crippen LogP contribution in [-0.2, 0) is 20.7 Å². The lowest BCUT2D eigenvalue weighted by Crippen LogP contribution is -2.30. The van der Waals surface area contributed by atoms with Crippen LogP contribution >= 0.6 is 0 Å². The van der Waals surface area contributed by atoms with Crippen LogP contribution in [0.15, 0.2) is 35.9 Å². The van der Waals surface area contributed by atoms with Gasteiger partial charge in [0.05, 0.1) is 7.11 Å². The number of carbonyl (C=O) groups is 2. The summed E-state index contributed by atoms with van der Waals surface area (Å²) in [6.07, 6.45) is 4.42. The Morgan fingerprint density at radius 1 is 1.29 bits per heavy atom. The SMILES string of the molecule is COc1ccccc1CCNC(=O)COC(=O)/C(C#N)=C/c1cc(C)n(C2CC2)c1C. The van der Waals surface area contributed by atoms with Crippen molar-refractivity contribution >= 4 is 18.0 Å². The van der Waals surface area contributed by atoms with Gasteiger partial charge in [0.25, 0.3) is 5.91 Å². The van der Waals surface area contributed by atoms with Crippen LogP contribution in [0.2, 0.25) is 0 Å². The second-order valence-electron chi connectivity index (χ2n) is 7.59. The van der Waals surface area contributed by atoms with Gasteiger partial charge in [-0.15, -0.1) is 0 Å². The number of nitrogens with one attached hydrogen (secondary N) is 1. The Bertz CT molecular complexity index is 1040. The van der Waals surface area contributed by atoms with Crippen molar-refractivity contribution in [3.63, 3.8) is 0 Å². The first-order chi connectivity index (χ1) is 14.9. The molecule has 1 aromatic carbocycles. The van der Waals surface area contributed by atoms with E-state index in [0.29, 0.717) is 19.0 Å². The molecule has 2 aromatic rings. The van der Waals surface area contributed by atoms with Gasteiger partial charge in [0.1, 0.15) is 17.4 Å². The number of hydrogen-bond donors (Lipinski definition) is 1. The second kappa shape index (κ2) is 9.98. The second-order valence-corrected chi connectivity index (χ2v) is 7.59. The van der Waals surface area contributed by atoms with Crippen LogP contribution in [0.3, 0.4) is 0 Å². The molecule has 1 heterocycles. The third kappa shape index (κ3) is 5.54. The number of aryl methyl sites for hydroxylation is 1. The molecule has 1 saturated carbocycles. The molecule has 0 saturated heterocycles. The average Bonchev–Trinajstić information content (AvgIpc) is 3.55. The average molecular weight is 421 g/mol. The van der Waals surface area contributed by atoms with Crippen LogP contribution in [0, 0.1) is 25.2 Å². The lowest BCUT2D eigenvalue weighted by Gasteiger charge is -2.09. The molecule has 31 heavy (non-hydrogen) atoms. The summed E-state index contributed by atoms with van der Waals surface area (Å²) < 4.78 is 12.6. The van der Waals surface area contributed by atoms with Crippen molar-refractivity contribution in [3.05, 3.63) is 58.4 Å². The number of aromatic nitrogens is 1. The van der Waals surface area contributed by atoms with E-state index in [1.165, 1.54) is 6.08 Å². The highest BCUT2D eigenvalue weighted by Crippen LogP contribution is 2.38. The molecule has 0 atom stereocenters. The molecule has 0 radical (unpaired) electrons. The summed E-state index contributed by atoms with van der Waals surface area (Å²) >= 11 is 0. The highest BCUT2D eigenvalue weighted by Gasteiger charge is 2.27. The first-order valence-electron chi connectivity index (χ1n) is 10.3. The van der Waals surface area contributed by atoms with Crippen LogP contribution in [0.4, 0.5) is 0 Å². The van der Waals surface area contributed by atoms with Crippen molar-refractivity contribution in [1.82, 2.24) is 9.88 Å². The monoisotopic (exact) mass is 421 g/mol. The molecule has 0 spiro atoms. The summed E-state index contributed by atoms with van der Waals surface area (Å²) in [5.41, 5.74) is 3.79. The van der Waals surface area contributed by atoms with Crippen LogP contribution in [0.5, 0.6) is 5.75 Å². The van der Waals surface area contributed by atoms with Gasteiger partial charge in [-0.2, -0.15) is 5.26 Å². The number of nitriles is 1. The summed E-state index contributed by atoms with van der Waals surface area (Å²) in [5.74, 6) is -0.473. The van der Waals surface area contributed by atoms with Crippen LogP contribution in [0.1, 0.15) is 41.4 Å². The number of hydrogen-bond acceptors (Lipinski definition) is 5. The number of para-hydroxylation sites is 1. The number of nitrogens with zero attached hydrogens (tertiary/aromatic N) is 2. The summed E-state index contributed by atoms with van der Waals surface area (Å²) in [6.45, 7) is 3.94. The minimum absolute atomic E-state index is 0.127. The van der Waals surface area contributed by atoms with Crippen molar-refractivity contribution in [2.24, 2.45) is 0 Å². The van der Waals surface area contributed by atoms with E-state index in [9.17, 15) is 14.9 Å². The van der Waals surface area contributed by atoms with Gasteiger partial charge in [-0.3, -0.25) is 4.79 Å². The van der Waals surface area contributed by atoms with E-state index in [-0.39, 0.29) is 5.57 Å². The Morgan fingerprint density at radius 2 is 2.03 bits per heavy atom. The summed E-state index contributed by atoms with van der Waals surface area (Å²) in [4.78, 5) is 24.3. The van der Waals surface area contributed by atoms with Crippen molar-refractivity contribution < 1.29 is 19.1 Å². The molecule has 162 valence electrons. The predicted octanol–water partition coefficient (Wildman–Crippen LogP) is 3.26. The van der Waals surface area contributed by atoms with Crippen LogP contribution in [-0.4, -0.2) is 36.7 Å². The number of carbonyl (C=O) groups excluding carboxylic acids is 2. The maximum atomic E-state index is 12.3. The third-order valence-electron chi connectivity index (χ3n) is 5.32. The van der Waals surface area contributed by atoms with E-state index < -0.39 is 18.5 Å². The van der Waals surface area contributed by atoms with Crippen molar-refractivity contribution in [2.45, 2.75) is 39.2 Å². The fourth-order valence-electron chi connectivity index (χ4n) is 3.64.